The van der Waals surface area contributed by atoms with Crippen LogP contribution in [0, 0.1) is 0 Å². The van der Waals surface area contributed by atoms with Crippen molar-refractivity contribution in [2.24, 2.45) is 0 Å². The van der Waals surface area contributed by atoms with Crippen molar-refractivity contribution in [1.82, 2.24) is 5.32 Å². The highest BCUT2D eigenvalue weighted by molar-refractivity contribution is 8.00. The molecule has 3 nitrogen and oxygen atoms in total. The molecule has 0 saturated carbocycles. The Morgan fingerprint density at radius 1 is 1.16 bits per heavy atom. The van der Waals surface area contributed by atoms with Gasteiger partial charge in [0, 0.05) is 35.7 Å². The fraction of sp³-hybridized carbons (Fsp3) is 0.350. The Hall–Kier alpha value is -1.65. The smallest absolute Gasteiger partial charge is 0.233 e. The fourth-order valence-corrected chi connectivity index (χ4v) is 3.56. The van der Waals surface area contributed by atoms with Crippen LogP contribution in [-0.4, -0.2) is 31.3 Å². The highest BCUT2D eigenvalue weighted by Gasteiger charge is 2.17. The normalized spacial score (nSPS) is 11.8. The molecular weight excluding hydrogens is 352 g/mol. The van der Waals surface area contributed by atoms with Gasteiger partial charge in [0.2, 0.25) is 5.91 Å². The molecule has 0 aromatic heterocycles. The van der Waals surface area contributed by atoms with E-state index in [9.17, 15) is 4.79 Å². The van der Waals surface area contributed by atoms with Crippen molar-refractivity contribution in [2.75, 3.05) is 25.0 Å². The van der Waals surface area contributed by atoms with E-state index in [4.69, 9.17) is 11.6 Å². The molecule has 5 heteroatoms. The lowest BCUT2D eigenvalue weighted by Gasteiger charge is -2.20. The molecule has 0 aliphatic rings. The number of carbonyl (C=O) groups is 1. The Balaban J connectivity index is 1.73. The van der Waals surface area contributed by atoms with Crippen LogP contribution in [0.15, 0.2) is 59.5 Å². The number of carbonyl (C=O) groups excluding carboxylic acids is 1. The number of nitrogens with one attached hydrogen (secondary N) is 1. The first kappa shape index (κ1) is 19.7. The molecule has 0 aliphatic carbocycles. The number of benzene rings is 2. The van der Waals surface area contributed by atoms with E-state index in [1.165, 1.54) is 5.69 Å². The molecule has 0 fully saturated rings. The summed E-state index contributed by atoms with van der Waals surface area (Å²) in [6.45, 7) is 3.63. The Morgan fingerprint density at radius 2 is 1.84 bits per heavy atom. The second-order valence-electron chi connectivity index (χ2n) is 5.87. The highest BCUT2D eigenvalue weighted by Crippen LogP contribution is 2.26. The number of nitrogens with zero attached hydrogens (tertiary/aromatic N) is 1. The molecule has 2 rings (SSSR count). The number of thioether (sulfide) groups is 1. The second kappa shape index (κ2) is 10.4. The number of anilines is 1. The van der Waals surface area contributed by atoms with Crippen LogP contribution in [0.3, 0.4) is 0 Å². The summed E-state index contributed by atoms with van der Waals surface area (Å²) >= 11 is 7.49. The summed E-state index contributed by atoms with van der Waals surface area (Å²) in [5.41, 5.74) is 1.19. The summed E-state index contributed by atoms with van der Waals surface area (Å²) in [7, 11) is 2.07. The average molecular weight is 377 g/mol. The summed E-state index contributed by atoms with van der Waals surface area (Å²) in [6.07, 6.45) is 1.71. The van der Waals surface area contributed by atoms with Crippen LogP contribution in [0.5, 0.6) is 0 Å². The first-order chi connectivity index (χ1) is 12.1. The van der Waals surface area contributed by atoms with Gasteiger partial charge in [-0.2, -0.15) is 0 Å². The van der Waals surface area contributed by atoms with Gasteiger partial charge in [-0.1, -0.05) is 36.7 Å². The molecule has 0 radical (unpaired) electrons. The number of para-hydroxylation sites is 1. The third kappa shape index (κ3) is 6.63. The number of hydrogen-bond acceptors (Lipinski definition) is 3. The molecule has 2 aromatic carbocycles. The van der Waals surface area contributed by atoms with E-state index in [0.717, 1.165) is 24.3 Å². The van der Waals surface area contributed by atoms with E-state index >= 15 is 0 Å². The zero-order chi connectivity index (χ0) is 18.1. The number of halogens is 1. The average Bonchev–Trinajstić information content (AvgIpc) is 2.65. The highest BCUT2D eigenvalue weighted by atomic mass is 35.5. The van der Waals surface area contributed by atoms with Crippen molar-refractivity contribution >= 4 is 35.0 Å². The molecule has 1 N–H and O–H groups in total. The zero-order valence-electron chi connectivity index (χ0n) is 14.7. The van der Waals surface area contributed by atoms with Gasteiger partial charge in [-0.05, 0) is 49.2 Å². The minimum atomic E-state index is -0.0759. The minimum absolute atomic E-state index is 0.0759. The predicted molar refractivity (Wildman–Crippen MR) is 109 cm³/mol. The Morgan fingerprint density at radius 3 is 2.48 bits per heavy atom. The molecule has 1 amide bonds. The van der Waals surface area contributed by atoms with Crippen LogP contribution < -0.4 is 10.2 Å². The third-order valence-corrected chi connectivity index (χ3v) is 5.55. The molecule has 1 atom stereocenters. The van der Waals surface area contributed by atoms with Crippen LogP contribution in [-0.2, 0) is 4.79 Å². The Kier molecular flexibility index (Phi) is 8.16. The number of amides is 1. The largest absolute Gasteiger partial charge is 0.375 e. The lowest BCUT2D eigenvalue weighted by atomic mass is 10.2. The first-order valence-corrected chi connectivity index (χ1v) is 9.82. The summed E-state index contributed by atoms with van der Waals surface area (Å²) < 4.78 is 0. The lowest BCUT2D eigenvalue weighted by molar-refractivity contribution is -0.120. The molecule has 134 valence electrons. The number of rotatable bonds is 9. The van der Waals surface area contributed by atoms with E-state index in [2.05, 4.69) is 29.4 Å². The van der Waals surface area contributed by atoms with E-state index < -0.39 is 0 Å². The van der Waals surface area contributed by atoms with Gasteiger partial charge in [0.05, 0.1) is 5.25 Å². The van der Waals surface area contributed by atoms with Crippen LogP contribution in [0.4, 0.5) is 5.69 Å². The van der Waals surface area contributed by atoms with E-state index in [-0.39, 0.29) is 11.2 Å². The van der Waals surface area contributed by atoms with Gasteiger partial charge in [-0.15, -0.1) is 11.8 Å². The van der Waals surface area contributed by atoms with Crippen molar-refractivity contribution in [1.29, 1.82) is 0 Å². The second-order valence-corrected chi connectivity index (χ2v) is 7.58. The maximum absolute atomic E-state index is 12.4. The summed E-state index contributed by atoms with van der Waals surface area (Å²) in [5, 5.41) is 3.70. The van der Waals surface area contributed by atoms with E-state index in [0.29, 0.717) is 11.6 Å². The van der Waals surface area contributed by atoms with Crippen molar-refractivity contribution < 1.29 is 4.79 Å². The maximum atomic E-state index is 12.4. The summed E-state index contributed by atoms with van der Waals surface area (Å²) in [6, 6.07) is 17.9. The lowest BCUT2D eigenvalue weighted by Crippen LogP contribution is -2.34. The molecule has 0 aliphatic heterocycles. The minimum Gasteiger partial charge on any atom is -0.375 e. The van der Waals surface area contributed by atoms with Crippen molar-refractivity contribution in [2.45, 2.75) is 29.9 Å². The standard InChI is InChI=1S/C20H25ClN2OS/c1-3-19(25-18-12-10-16(21)11-13-18)20(24)22-14-7-15-23(2)17-8-5-4-6-9-17/h4-6,8-13,19H,3,7,14-15H2,1-2H3,(H,22,24)/t19-/m1/s1. The molecular formula is C20H25ClN2OS. The Labute approximate surface area is 159 Å². The molecule has 0 bridgehead atoms. The fourth-order valence-electron chi connectivity index (χ4n) is 2.45. The summed E-state index contributed by atoms with van der Waals surface area (Å²) in [5.74, 6) is 0.102. The molecule has 0 heterocycles. The number of hydrogen-bond donors (Lipinski definition) is 1. The van der Waals surface area contributed by atoms with Crippen molar-refractivity contribution in [3.05, 3.63) is 59.6 Å². The van der Waals surface area contributed by atoms with Gasteiger partial charge in [0.15, 0.2) is 0 Å². The molecule has 0 unspecified atom stereocenters. The first-order valence-electron chi connectivity index (χ1n) is 8.56. The molecule has 0 saturated heterocycles. The van der Waals surface area contributed by atoms with Gasteiger partial charge in [-0.3, -0.25) is 4.79 Å². The van der Waals surface area contributed by atoms with Crippen LogP contribution >= 0.6 is 23.4 Å². The topological polar surface area (TPSA) is 32.3 Å². The maximum Gasteiger partial charge on any atom is 0.233 e. The SMILES string of the molecule is CC[C@@H](Sc1ccc(Cl)cc1)C(=O)NCCCN(C)c1ccccc1. The van der Waals surface area contributed by atoms with Crippen molar-refractivity contribution in [3.63, 3.8) is 0 Å². The monoisotopic (exact) mass is 376 g/mol. The quantitative estimate of drug-likeness (QED) is 0.501. The predicted octanol–water partition coefficient (Wildman–Crippen LogP) is 4.85. The third-order valence-electron chi connectivity index (χ3n) is 3.92. The van der Waals surface area contributed by atoms with Gasteiger partial charge in [0.25, 0.3) is 0 Å². The van der Waals surface area contributed by atoms with E-state index in [1.54, 1.807) is 11.8 Å². The molecule has 25 heavy (non-hydrogen) atoms. The van der Waals surface area contributed by atoms with Gasteiger partial charge >= 0.3 is 0 Å². The van der Waals surface area contributed by atoms with Crippen molar-refractivity contribution in [3.8, 4) is 0 Å². The van der Waals surface area contributed by atoms with Crippen LogP contribution in [0.2, 0.25) is 5.02 Å². The zero-order valence-corrected chi connectivity index (χ0v) is 16.3. The Bertz CT molecular complexity index is 649. The van der Waals surface area contributed by atoms with Crippen LogP contribution in [0.1, 0.15) is 19.8 Å². The van der Waals surface area contributed by atoms with Gasteiger partial charge < -0.3 is 10.2 Å². The van der Waals surface area contributed by atoms with Crippen LogP contribution in [0.25, 0.3) is 0 Å². The van der Waals surface area contributed by atoms with E-state index in [1.807, 2.05) is 49.4 Å². The summed E-state index contributed by atoms with van der Waals surface area (Å²) in [4.78, 5) is 15.7. The van der Waals surface area contributed by atoms with Gasteiger partial charge in [0.1, 0.15) is 0 Å². The van der Waals surface area contributed by atoms with Gasteiger partial charge in [-0.25, -0.2) is 0 Å². The molecule has 0 spiro atoms. The molecule has 2 aromatic rings.